The predicted molar refractivity (Wildman–Crippen MR) is 148 cm³/mol. The summed E-state index contributed by atoms with van der Waals surface area (Å²) in [5.41, 5.74) is 4.65. The fourth-order valence-electron chi connectivity index (χ4n) is 5.57. The molecule has 0 aliphatic carbocycles. The van der Waals surface area contributed by atoms with Gasteiger partial charge in [-0.15, -0.1) is 0 Å². The molecule has 1 aliphatic rings. The Morgan fingerprint density at radius 3 is 2.57 bits per heavy atom. The van der Waals surface area contributed by atoms with Crippen LogP contribution in [0.25, 0.3) is 11.0 Å². The average molecular weight is 505 g/mol. The van der Waals surface area contributed by atoms with Crippen molar-refractivity contribution in [2.24, 2.45) is 0 Å². The smallest absolute Gasteiger partial charge is 0.247 e. The van der Waals surface area contributed by atoms with Crippen molar-refractivity contribution in [1.82, 2.24) is 14.5 Å². The van der Waals surface area contributed by atoms with Gasteiger partial charge in [0.25, 0.3) is 0 Å². The zero-order valence-electron chi connectivity index (χ0n) is 23.2. The predicted octanol–water partition coefficient (Wildman–Crippen LogP) is 5.09. The second-order valence-electron chi connectivity index (χ2n) is 11.1. The molecule has 7 nitrogen and oxygen atoms in total. The third-order valence-electron chi connectivity index (χ3n) is 7.34. The lowest BCUT2D eigenvalue weighted by Crippen LogP contribution is -2.44. The molecule has 2 unspecified atom stereocenters. The summed E-state index contributed by atoms with van der Waals surface area (Å²) in [5.74, 6) is 0.844. The molecule has 4 rings (SSSR count). The number of aryl methyl sites for hydroxylation is 2. The summed E-state index contributed by atoms with van der Waals surface area (Å²) in [7, 11) is 1.66. The molecule has 7 heteroatoms. The van der Waals surface area contributed by atoms with Crippen LogP contribution in [0.1, 0.15) is 63.9 Å². The van der Waals surface area contributed by atoms with Crippen LogP contribution in [0.5, 0.6) is 0 Å². The van der Waals surface area contributed by atoms with Gasteiger partial charge in [0.2, 0.25) is 11.8 Å². The molecule has 0 N–H and O–H groups in total. The maximum absolute atomic E-state index is 14.2. The first-order valence-electron chi connectivity index (χ1n) is 13.2. The van der Waals surface area contributed by atoms with Crippen molar-refractivity contribution in [2.75, 3.05) is 25.2 Å². The fourth-order valence-corrected chi connectivity index (χ4v) is 5.57. The summed E-state index contributed by atoms with van der Waals surface area (Å²) in [6.07, 6.45) is 1.23. The molecule has 198 valence electrons. The number of fused-ring (bicyclic) bond motifs is 1. The highest BCUT2D eigenvalue weighted by molar-refractivity contribution is 5.96. The lowest BCUT2D eigenvalue weighted by Gasteiger charge is -2.33. The Hall–Kier alpha value is -3.19. The molecule has 0 saturated carbocycles. The quantitative estimate of drug-likeness (QED) is 0.429. The number of nitrogens with zero attached hydrogens (tertiary/aromatic N) is 4. The lowest BCUT2D eigenvalue weighted by atomic mass is 10.0. The minimum absolute atomic E-state index is 0.0186. The molecule has 37 heavy (non-hydrogen) atoms. The number of hydrogen-bond donors (Lipinski definition) is 0. The molecular weight excluding hydrogens is 464 g/mol. The number of benzene rings is 2. The van der Waals surface area contributed by atoms with Crippen LogP contribution in [0, 0.1) is 6.92 Å². The van der Waals surface area contributed by atoms with Gasteiger partial charge in [0.15, 0.2) is 0 Å². The molecule has 1 fully saturated rings. The summed E-state index contributed by atoms with van der Waals surface area (Å²) in [4.78, 5) is 35.9. The highest BCUT2D eigenvalue weighted by Gasteiger charge is 2.39. The number of carbonyl (C=O) groups is 2. The Morgan fingerprint density at radius 1 is 1.19 bits per heavy atom. The molecule has 2 heterocycles. The van der Waals surface area contributed by atoms with E-state index in [0.717, 1.165) is 40.1 Å². The lowest BCUT2D eigenvalue weighted by molar-refractivity contribution is -0.131. The average Bonchev–Trinajstić information content (AvgIpc) is 3.41. The van der Waals surface area contributed by atoms with E-state index in [1.807, 2.05) is 51.6 Å². The summed E-state index contributed by atoms with van der Waals surface area (Å²) in [5, 5.41) is 0. The number of hydrogen-bond acceptors (Lipinski definition) is 4. The normalized spacial score (nSPS) is 17.0. The van der Waals surface area contributed by atoms with Crippen LogP contribution < -0.4 is 4.90 Å². The Morgan fingerprint density at radius 2 is 1.92 bits per heavy atom. The Bertz CT molecular complexity index is 1290. The highest BCUT2D eigenvalue weighted by atomic mass is 16.5. The van der Waals surface area contributed by atoms with Gasteiger partial charge in [0.1, 0.15) is 12.4 Å². The number of amides is 2. The topological polar surface area (TPSA) is 67.7 Å². The van der Waals surface area contributed by atoms with Crippen molar-refractivity contribution in [1.29, 1.82) is 0 Å². The Labute approximate surface area is 220 Å². The van der Waals surface area contributed by atoms with Crippen LogP contribution in [0.4, 0.5) is 5.69 Å². The number of rotatable bonds is 8. The standard InChI is InChI=1S/C30H40N4O3/c1-8-22-13-11-12-20(2)28(22)34(21(3)19-37-7)27(36)18-32-25-15-10-9-14-24(25)31-29(32)23-16-26(35)33(17-23)30(4,5)6/h9-15,21,23H,8,16-19H2,1-7H3. The van der Waals surface area contributed by atoms with E-state index in [1.54, 1.807) is 7.11 Å². The molecular formula is C30H40N4O3. The second-order valence-corrected chi connectivity index (χ2v) is 11.1. The van der Waals surface area contributed by atoms with Gasteiger partial charge in [0.05, 0.1) is 29.4 Å². The van der Waals surface area contributed by atoms with Gasteiger partial charge in [-0.2, -0.15) is 0 Å². The molecule has 1 saturated heterocycles. The van der Waals surface area contributed by atoms with Crippen LogP contribution in [-0.2, 0) is 27.3 Å². The van der Waals surface area contributed by atoms with Gasteiger partial charge in [-0.3, -0.25) is 9.59 Å². The third kappa shape index (κ3) is 5.28. The summed E-state index contributed by atoms with van der Waals surface area (Å²) in [6, 6.07) is 13.9. The van der Waals surface area contributed by atoms with Crippen molar-refractivity contribution < 1.29 is 14.3 Å². The van der Waals surface area contributed by atoms with Gasteiger partial charge >= 0.3 is 0 Å². The first kappa shape index (κ1) is 26.9. The van der Waals surface area contributed by atoms with Gasteiger partial charge in [-0.25, -0.2) is 4.98 Å². The zero-order valence-corrected chi connectivity index (χ0v) is 23.2. The molecule has 1 aromatic heterocycles. The second kappa shape index (κ2) is 10.7. The van der Waals surface area contributed by atoms with E-state index in [1.165, 1.54) is 0 Å². The molecule has 2 atom stereocenters. The minimum atomic E-state index is -0.258. The molecule has 0 radical (unpaired) electrons. The van der Waals surface area contributed by atoms with E-state index >= 15 is 0 Å². The van der Waals surface area contributed by atoms with Crippen LogP contribution in [0.15, 0.2) is 42.5 Å². The van der Waals surface area contributed by atoms with Gasteiger partial charge in [-0.05, 0) is 64.3 Å². The largest absolute Gasteiger partial charge is 0.383 e. The SMILES string of the molecule is CCc1cccc(C)c1N(C(=O)Cn1c(C2CC(=O)N(C(C)(C)C)C2)nc2ccccc21)C(C)COC. The van der Waals surface area contributed by atoms with Crippen LogP contribution in [0.3, 0.4) is 0 Å². The maximum Gasteiger partial charge on any atom is 0.247 e. The van der Waals surface area contributed by atoms with Crippen LogP contribution in [0.2, 0.25) is 0 Å². The molecule has 2 aromatic carbocycles. The van der Waals surface area contributed by atoms with E-state index in [-0.39, 0.29) is 35.9 Å². The number of methoxy groups -OCH3 is 1. The monoisotopic (exact) mass is 504 g/mol. The Balaban J connectivity index is 1.77. The Kier molecular flexibility index (Phi) is 7.74. The van der Waals surface area contributed by atoms with Gasteiger partial charge in [0, 0.05) is 31.5 Å². The number of aromatic nitrogens is 2. The zero-order chi connectivity index (χ0) is 26.9. The number of anilines is 1. The van der Waals surface area contributed by atoms with E-state index < -0.39 is 0 Å². The number of carbonyl (C=O) groups excluding carboxylic acids is 2. The molecule has 3 aromatic rings. The number of para-hydroxylation sites is 3. The van der Waals surface area contributed by atoms with Crippen molar-refractivity contribution in [3.8, 4) is 0 Å². The fraction of sp³-hybridized carbons (Fsp3) is 0.500. The number of likely N-dealkylation sites (tertiary alicyclic amines) is 1. The van der Waals surface area contributed by atoms with Crippen molar-refractivity contribution in [2.45, 2.75) is 78.4 Å². The third-order valence-corrected chi connectivity index (χ3v) is 7.34. The number of imidazole rings is 1. The van der Waals surface area contributed by atoms with E-state index in [2.05, 4.69) is 46.8 Å². The van der Waals surface area contributed by atoms with E-state index in [4.69, 9.17) is 9.72 Å². The minimum Gasteiger partial charge on any atom is -0.383 e. The van der Waals surface area contributed by atoms with Crippen molar-refractivity contribution in [3.05, 3.63) is 59.4 Å². The van der Waals surface area contributed by atoms with Gasteiger partial charge in [-0.1, -0.05) is 37.3 Å². The van der Waals surface area contributed by atoms with E-state index in [9.17, 15) is 9.59 Å². The summed E-state index contributed by atoms with van der Waals surface area (Å²) >= 11 is 0. The van der Waals surface area contributed by atoms with E-state index in [0.29, 0.717) is 19.6 Å². The first-order chi connectivity index (χ1) is 17.6. The van der Waals surface area contributed by atoms with Crippen molar-refractivity contribution in [3.63, 3.8) is 0 Å². The summed E-state index contributed by atoms with van der Waals surface area (Å²) in [6.45, 7) is 13.5. The molecule has 2 amide bonds. The molecule has 0 spiro atoms. The van der Waals surface area contributed by atoms with Crippen LogP contribution >= 0.6 is 0 Å². The highest BCUT2D eigenvalue weighted by Crippen LogP contribution is 2.34. The first-order valence-corrected chi connectivity index (χ1v) is 13.2. The molecule has 1 aliphatic heterocycles. The number of ether oxygens (including phenoxy) is 1. The van der Waals surface area contributed by atoms with Crippen LogP contribution in [-0.4, -0.2) is 58.1 Å². The maximum atomic E-state index is 14.2. The summed E-state index contributed by atoms with van der Waals surface area (Å²) < 4.78 is 7.51. The van der Waals surface area contributed by atoms with Crippen molar-refractivity contribution >= 4 is 28.5 Å². The molecule has 0 bridgehead atoms. The van der Waals surface area contributed by atoms with Gasteiger partial charge < -0.3 is 19.1 Å².